The first-order valence-corrected chi connectivity index (χ1v) is 6.57. The molecule has 3 N–H and O–H groups in total. The molecule has 17 heavy (non-hydrogen) atoms. The topological polar surface area (TPSA) is 38.0 Å². The van der Waals surface area contributed by atoms with E-state index in [0.29, 0.717) is 18.0 Å². The third-order valence-corrected chi connectivity index (χ3v) is 3.90. The van der Waals surface area contributed by atoms with Gasteiger partial charge in [-0.2, -0.15) is 0 Å². The Bertz CT molecular complexity index is 396. The highest BCUT2D eigenvalue weighted by Crippen LogP contribution is 2.38. The van der Waals surface area contributed by atoms with Crippen LogP contribution in [0, 0.1) is 12.3 Å². The number of aryl methyl sites for hydroxylation is 1. The van der Waals surface area contributed by atoms with Gasteiger partial charge in [0.05, 0.1) is 0 Å². The van der Waals surface area contributed by atoms with E-state index in [2.05, 4.69) is 44.3 Å². The van der Waals surface area contributed by atoms with Crippen molar-refractivity contribution < 1.29 is 0 Å². The van der Waals surface area contributed by atoms with Gasteiger partial charge >= 0.3 is 0 Å². The summed E-state index contributed by atoms with van der Waals surface area (Å²) in [5.74, 6) is 0. The van der Waals surface area contributed by atoms with Crippen molar-refractivity contribution in [3.05, 3.63) is 29.3 Å². The fourth-order valence-electron chi connectivity index (χ4n) is 2.87. The monoisotopic (exact) mass is 232 g/mol. The van der Waals surface area contributed by atoms with E-state index in [4.69, 9.17) is 5.73 Å². The second-order valence-electron chi connectivity index (χ2n) is 6.06. The molecule has 1 fully saturated rings. The Kier molecular flexibility index (Phi) is 3.43. The van der Waals surface area contributed by atoms with Crippen LogP contribution in [-0.4, -0.2) is 6.04 Å². The molecule has 2 heteroatoms. The maximum absolute atomic E-state index is 5.81. The zero-order chi connectivity index (χ0) is 12.5. The summed E-state index contributed by atoms with van der Waals surface area (Å²) in [5, 5.41) is 3.70. The molecule has 0 bridgehead atoms. The van der Waals surface area contributed by atoms with E-state index < -0.39 is 0 Å². The van der Waals surface area contributed by atoms with E-state index >= 15 is 0 Å². The SMILES string of the molecule is Cc1cccc(CN)c1NC1CCC(C)(C)C1. The van der Waals surface area contributed by atoms with Gasteiger partial charge in [-0.15, -0.1) is 0 Å². The molecule has 0 saturated heterocycles. The first-order chi connectivity index (χ1) is 8.02. The molecule has 2 nitrogen and oxygen atoms in total. The number of hydrogen-bond donors (Lipinski definition) is 2. The molecule has 1 saturated carbocycles. The predicted molar refractivity (Wildman–Crippen MR) is 74.1 cm³/mol. The quantitative estimate of drug-likeness (QED) is 0.837. The van der Waals surface area contributed by atoms with Crippen LogP contribution in [0.15, 0.2) is 18.2 Å². The standard InChI is InChI=1S/C15H24N2/c1-11-5-4-6-12(10-16)14(11)17-13-7-8-15(2,3)9-13/h4-6,13,17H,7-10,16H2,1-3H3. The van der Waals surface area contributed by atoms with Gasteiger partial charge < -0.3 is 11.1 Å². The van der Waals surface area contributed by atoms with Crippen LogP contribution in [0.1, 0.15) is 44.2 Å². The second kappa shape index (κ2) is 4.69. The Morgan fingerprint density at radius 1 is 1.41 bits per heavy atom. The lowest BCUT2D eigenvalue weighted by Gasteiger charge is -2.21. The summed E-state index contributed by atoms with van der Waals surface area (Å²) < 4.78 is 0. The van der Waals surface area contributed by atoms with E-state index in [1.807, 2.05) is 0 Å². The molecule has 94 valence electrons. The number of nitrogens with two attached hydrogens (primary N) is 1. The summed E-state index contributed by atoms with van der Waals surface area (Å²) in [4.78, 5) is 0. The summed E-state index contributed by atoms with van der Waals surface area (Å²) in [7, 11) is 0. The highest BCUT2D eigenvalue weighted by Gasteiger charge is 2.31. The summed E-state index contributed by atoms with van der Waals surface area (Å²) in [6.45, 7) is 7.48. The Labute approximate surface area is 105 Å². The Morgan fingerprint density at radius 2 is 2.18 bits per heavy atom. The summed E-state index contributed by atoms with van der Waals surface area (Å²) in [6.07, 6.45) is 3.84. The van der Waals surface area contributed by atoms with Gasteiger partial charge in [0, 0.05) is 18.3 Å². The van der Waals surface area contributed by atoms with E-state index in [1.165, 1.54) is 36.1 Å². The molecular weight excluding hydrogens is 208 g/mol. The number of rotatable bonds is 3. The summed E-state index contributed by atoms with van der Waals surface area (Å²) >= 11 is 0. The van der Waals surface area contributed by atoms with Crippen molar-refractivity contribution in [1.29, 1.82) is 0 Å². The zero-order valence-corrected chi connectivity index (χ0v) is 11.2. The fourth-order valence-corrected chi connectivity index (χ4v) is 2.87. The van der Waals surface area contributed by atoms with Gasteiger partial charge in [-0.1, -0.05) is 32.0 Å². The molecule has 0 spiro atoms. The van der Waals surface area contributed by atoms with Crippen LogP contribution in [0.2, 0.25) is 0 Å². The predicted octanol–water partition coefficient (Wildman–Crippen LogP) is 3.44. The molecule has 0 aliphatic heterocycles. The van der Waals surface area contributed by atoms with Crippen LogP contribution in [0.25, 0.3) is 0 Å². The van der Waals surface area contributed by atoms with Gasteiger partial charge in [0.1, 0.15) is 0 Å². The fraction of sp³-hybridized carbons (Fsp3) is 0.600. The summed E-state index contributed by atoms with van der Waals surface area (Å²) in [6, 6.07) is 6.97. The lowest BCUT2D eigenvalue weighted by Crippen LogP contribution is -2.19. The molecule has 1 atom stereocenters. The van der Waals surface area contributed by atoms with Crippen LogP contribution in [0.5, 0.6) is 0 Å². The third kappa shape index (κ3) is 2.81. The lowest BCUT2D eigenvalue weighted by atomic mass is 9.92. The highest BCUT2D eigenvalue weighted by atomic mass is 14.9. The van der Waals surface area contributed by atoms with Crippen molar-refractivity contribution in [1.82, 2.24) is 0 Å². The van der Waals surface area contributed by atoms with Crippen molar-refractivity contribution in [2.45, 2.75) is 52.6 Å². The molecule has 0 radical (unpaired) electrons. The first kappa shape index (κ1) is 12.4. The van der Waals surface area contributed by atoms with Gasteiger partial charge in [0.25, 0.3) is 0 Å². The second-order valence-corrected chi connectivity index (χ2v) is 6.06. The normalized spacial score (nSPS) is 22.7. The summed E-state index contributed by atoms with van der Waals surface area (Å²) in [5.41, 5.74) is 10.1. The van der Waals surface area contributed by atoms with Crippen LogP contribution < -0.4 is 11.1 Å². The Morgan fingerprint density at radius 3 is 2.76 bits per heavy atom. The minimum absolute atomic E-state index is 0.489. The molecule has 1 aromatic rings. The van der Waals surface area contributed by atoms with Crippen molar-refractivity contribution in [2.75, 3.05) is 5.32 Å². The van der Waals surface area contributed by atoms with Gasteiger partial charge in [0.15, 0.2) is 0 Å². The minimum Gasteiger partial charge on any atom is -0.382 e. The molecule has 1 aliphatic rings. The van der Waals surface area contributed by atoms with E-state index in [0.717, 1.165) is 0 Å². The number of hydrogen-bond acceptors (Lipinski definition) is 2. The van der Waals surface area contributed by atoms with Gasteiger partial charge in [-0.3, -0.25) is 0 Å². The van der Waals surface area contributed by atoms with Gasteiger partial charge in [0.2, 0.25) is 0 Å². The first-order valence-electron chi connectivity index (χ1n) is 6.57. The molecule has 2 rings (SSSR count). The molecule has 0 aromatic heterocycles. The Balaban J connectivity index is 2.14. The third-order valence-electron chi connectivity index (χ3n) is 3.90. The van der Waals surface area contributed by atoms with Gasteiger partial charge in [-0.05, 0) is 42.7 Å². The van der Waals surface area contributed by atoms with Crippen LogP contribution in [-0.2, 0) is 6.54 Å². The average molecular weight is 232 g/mol. The number of anilines is 1. The largest absolute Gasteiger partial charge is 0.382 e. The van der Waals surface area contributed by atoms with Crippen LogP contribution >= 0.6 is 0 Å². The van der Waals surface area contributed by atoms with Gasteiger partial charge in [-0.25, -0.2) is 0 Å². The minimum atomic E-state index is 0.489. The Hall–Kier alpha value is -1.02. The number of benzene rings is 1. The molecule has 0 amide bonds. The molecule has 0 heterocycles. The molecule has 1 aromatic carbocycles. The smallest absolute Gasteiger partial charge is 0.0417 e. The van der Waals surface area contributed by atoms with Crippen LogP contribution in [0.4, 0.5) is 5.69 Å². The maximum Gasteiger partial charge on any atom is 0.0417 e. The molecule has 1 unspecified atom stereocenters. The number of para-hydroxylation sites is 1. The van der Waals surface area contributed by atoms with Crippen molar-refractivity contribution >= 4 is 5.69 Å². The highest BCUT2D eigenvalue weighted by molar-refractivity contribution is 5.57. The zero-order valence-electron chi connectivity index (χ0n) is 11.2. The van der Waals surface area contributed by atoms with E-state index in [-0.39, 0.29) is 0 Å². The number of nitrogens with one attached hydrogen (secondary N) is 1. The van der Waals surface area contributed by atoms with E-state index in [9.17, 15) is 0 Å². The van der Waals surface area contributed by atoms with Crippen molar-refractivity contribution in [3.8, 4) is 0 Å². The molecular formula is C15H24N2. The van der Waals surface area contributed by atoms with Crippen molar-refractivity contribution in [3.63, 3.8) is 0 Å². The maximum atomic E-state index is 5.81. The van der Waals surface area contributed by atoms with E-state index in [1.54, 1.807) is 0 Å². The van der Waals surface area contributed by atoms with Crippen LogP contribution in [0.3, 0.4) is 0 Å². The lowest BCUT2D eigenvalue weighted by molar-refractivity contribution is 0.378. The average Bonchev–Trinajstić information content (AvgIpc) is 2.61. The van der Waals surface area contributed by atoms with Crippen molar-refractivity contribution in [2.24, 2.45) is 11.1 Å². The molecule has 1 aliphatic carbocycles.